The summed E-state index contributed by atoms with van der Waals surface area (Å²) in [5.74, 6) is 0. The van der Waals surface area contributed by atoms with Gasteiger partial charge in [-0.3, -0.25) is 0 Å². The first-order valence-electron chi connectivity index (χ1n) is 12.2. The molecule has 2 heterocycles. The molecule has 0 aliphatic carbocycles. The van der Waals surface area contributed by atoms with Crippen LogP contribution >= 0.6 is 0 Å². The Hall–Kier alpha value is -1.29. The summed E-state index contributed by atoms with van der Waals surface area (Å²) in [5, 5.41) is 5.75. The van der Waals surface area contributed by atoms with E-state index in [0.717, 1.165) is 0 Å². The van der Waals surface area contributed by atoms with Crippen LogP contribution in [0.25, 0.3) is 39.2 Å². The molecule has 0 atom stereocenters. The average molecular weight is 599 g/mol. The normalized spacial score (nSPS) is 11.8. The van der Waals surface area contributed by atoms with Gasteiger partial charge in [-0.1, -0.05) is 19.8 Å². The molecule has 0 aliphatic heterocycles. The zero-order chi connectivity index (χ0) is 21.8. The molecule has 3 aromatic carbocycles. The van der Waals surface area contributed by atoms with Crippen LogP contribution in [0.3, 0.4) is 0 Å². The van der Waals surface area contributed by atoms with E-state index in [-0.39, 0.29) is 20.4 Å². The summed E-state index contributed by atoms with van der Waals surface area (Å²) < 4.78 is 7.08. The first-order chi connectivity index (χ1) is 15.8. The topological polar surface area (TPSA) is 0 Å². The van der Waals surface area contributed by atoms with E-state index >= 15 is 0 Å². The molecule has 0 nitrogen and oxygen atoms in total. The number of hydrogen-bond acceptors (Lipinski definition) is 0. The van der Waals surface area contributed by atoms with Gasteiger partial charge in [-0.2, -0.15) is 0 Å². The Balaban J connectivity index is 1.23. The summed E-state index contributed by atoms with van der Waals surface area (Å²) in [5.41, 5.74) is 2.92. The predicted molar refractivity (Wildman–Crippen MR) is 145 cm³/mol. The van der Waals surface area contributed by atoms with Gasteiger partial charge in [-0.05, 0) is 0 Å². The van der Waals surface area contributed by atoms with E-state index < -0.39 is 0 Å². The fourth-order valence-corrected chi connectivity index (χ4v) is 9.33. The Morgan fingerprint density at radius 3 is 2.19 bits per heavy atom. The summed E-state index contributed by atoms with van der Waals surface area (Å²) in [7, 11) is 0. The van der Waals surface area contributed by atoms with Crippen molar-refractivity contribution in [3.05, 3.63) is 70.3 Å². The van der Waals surface area contributed by atoms with Crippen LogP contribution in [0.1, 0.15) is 63.9 Å². The third-order valence-corrected chi connectivity index (χ3v) is 11.5. The van der Waals surface area contributed by atoms with E-state index in [4.69, 9.17) is 0 Å². The van der Waals surface area contributed by atoms with Crippen LogP contribution in [-0.2, 0) is 6.42 Å². The van der Waals surface area contributed by atoms with Crippen molar-refractivity contribution in [2.75, 3.05) is 0 Å². The van der Waals surface area contributed by atoms with Gasteiger partial charge in [0.2, 0.25) is 0 Å². The Bertz CT molecular complexity index is 1240. The van der Waals surface area contributed by atoms with Crippen molar-refractivity contribution < 1.29 is 0 Å². The van der Waals surface area contributed by atoms with Gasteiger partial charge in [-0.25, -0.2) is 0 Å². The van der Waals surface area contributed by atoms with E-state index in [2.05, 4.69) is 71.7 Å². The second kappa shape index (κ2) is 10.8. The zero-order valence-electron chi connectivity index (χ0n) is 19.0. The first-order valence-corrected chi connectivity index (χ1v) is 16.5. The van der Waals surface area contributed by atoms with Crippen LogP contribution in [0.15, 0.2) is 64.7 Å². The third kappa shape index (κ3) is 5.26. The molecule has 0 saturated heterocycles. The van der Waals surface area contributed by atoms with Crippen LogP contribution in [0.5, 0.6) is 0 Å². The summed E-state index contributed by atoms with van der Waals surface area (Å²) in [6.07, 6.45) is 12.4. The van der Waals surface area contributed by atoms with Gasteiger partial charge in [0, 0.05) is 0 Å². The van der Waals surface area contributed by atoms with Crippen molar-refractivity contribution in [2.24, 2.45) is 0 Å². The molecule has 2 aromatic heterocycles. The maximum atomic E-state index is 2.46. The molecule has 32 heavy (non-hydrogen) atoms. The monoisotopic (exact) mass is 602 g/mol. The summed E-state index contributed by atoms with van der Waals surface area (Å²) >= 11 is 0.317. The number of rotatable bonds is 10. The molecule has 0 amide bonds. The van der Waals surface area contributed by atoms with E-state index in [9.17, 15) is 0 Å². The minimum absolute atomic E-state index is 0.0918. The molecule has 0 saturated carbocycles. The number of fused-ring (bicyclic) bond motifs is 3. The zero-order valence-corrected chi connectivity index (χ0v) is 23.1. The number of aryl methyl sites for hydroxylation is 1. The van der Waals surface area contributed by atoms with Gasteiger partial charge >= 0.3 is 189 Å². The number of unbranched alkanes of at least 4 members (excludes halogenated alkanes) is 7. The van der Waals surface area contributed by atoms with Crippen molar-refractivity contribution in [1.29, 1.82) is 0 Å². The molecule has 0 N–H and O–H groups in total. The molecular formula is C30H32SeTe. The van der Waals surface area contributed by atoms with Gasteiger partial charge in [0.15, 0.2) is 0 Å². The summed E-state index contributed by atoms with van der Waals surface area (Å²) in [4.78, 5) is 0. The molecule has 0 bridgehead atoms. The quantitative estimate of drug-likeness (QED) is 0.112. The van der Waals surface area contributed by atoms with E-state index in [1.165, 1.54) is 94.9 Å². The first kappa shape index (κ1) is 22.5. The van der Waals surface area contributed by atoms with Crippen molar-refractivity contribution in [3.63, 3.8) is 0 Å². The van der Waals surface area contributed by atoms with Gasteiger partial charge in [0.25, 0.3) is 0 Å². The number of benzene rings is 3. The van der Waals surface area contributed by atoms with Crippen molar-refractivity contribution in [3.8, 4) is 10.0 Å². The standard InChI is InChI=1S/C30H32SeTe/c1-2-3-4-5-6-7-8-9-10-22-11-13-23(14-12-22)28-20-27-18-26-21-30-24(15-16-32-30)17-25(26)19-29(27)31-28/h11-21H,2-10H2,1H3. The molecule has 0 unspecified atom stereocenters. The van der Waals surface area contributed by atoms with Crippen LogP contribution in [0.2, 0.25) is 0 Å². The average Bonchev–Trinajstić information content (AvgIpc) is 3.44. The van der Waals surface area contributed by atoms with Crippen LogP contribution in [-0.4, -0.2) is 34.9 Å². The molecule has 0 aliphatic rings. The van der Waals surface area contributed by atoms with E-state index in [1.54, 1.807) is 7.66 Å². The Kier molecular flexibility index (Phi) is 7.56. The van der Waals surface area contributed by atoms with Crippen molar-refractivity contribution in [1.82, 2.24) is 0 Å². The van der Waals surface area contributed by atoms with Crippen molar-refractivity contribution in [2.45, 2.75) is 64.7 Å². The fourth-order valence-electron chi connectivity index (χ4n) is 4.69. The van der Waals surface area contributed by atoms with Gasteiger partial charge in [0.05, 0.1) is 0 Å². The predicted octanol–water partition coefficient (Wildman–Crippen LogP) is 8.61. The second-order valence-electron chi connectivity index (χ2n) is 9.08. The maximum absolute atomic E-state index is 2.46. The van der Waals surface area contributed by atoms with Gasteiger partial charge in [-0.15, -0.1) is 0 Å². The molecule has 5 aromatic rings. The Labute approximate surface area is 208 Å². The summed E-state index contributed by atoms with van der Waals surface area (Å²) in [6, 6.07) is 24.0. The third-order valence-electron chi connectivity index (χ3n) is 6.60. The molecule has 164 valence electrons. The van der Waals surface area contributed by atoms with Crippen LogP contribution in [0.4, 0.5) is 0 Å². The second-order valence-corrected chi connectivity index (χ2v) is 14.1. The fraction of sp³-hybridized carbons (Fsp3) is 0.333. The molecule has 5 rings (SSSR count). The molecule has 0 radical (unpaired) electrons. The Morgan fingerprint density at radius 2 is 1.38 bits per heavy atom. The molecule has 0 fully saturated rings. The van der Waals surface area contributed by atoms with Crippen LogP contribution in [0, 0.1) is 0 Å². The molecule has 2 heteroatoms. The number of hydrogen-bond donors (Lipinski definition) is 0. The van der Waals surface area contributed by atoms with Gasteiger partial charge < -0.3 is 0 Å². The minimum atomic E-state index is -0.0918. The van der Waals surface area contributed by atoms with Crippen LogP contribution < -0.4 is 0 Å². The van der Waals surface area contributed by atoms with Crippen molar-refractivity contribution >= 4 is 64.1 Å². The summed E-state index contributed by atoms with van der Waals surface area (Å²) in [6.45, 7) is 2.29. The Morgan fingerprint density at radius 1 is 0.656 bits per heavy atom. The van der Waals surface area contributed by atoms with Gasteiger partial charge in [0.1, 0.15) is 0 Å². The van der Waals surface area contributed by atoms with E-state index in [1.807, 2.05) is 0 Å². The SMILES string of the molecule is CCCCCCCCCCc1ccc(-c2cc3cc4cc5[te]ccc5cc4cc3[se]2)cc1. The molecule has 0 spiro atoms. The molecular weight excluding hydrogens is 567 g/mol. The van der Waals surface area contributed by atoms with E-state index in [0.29, 0.717) is 14.5 Å².